The molecule has 4 heterocycles. The quantitative estimate of drug-likeness (QED) is 0.217. The molecule has 53 heavy (non-hydrogen) atoms. The first kappa shape index (κ1) is 38.3. The average Bonchev–Trinajstić information content (AvgIpc) is 3.63. The lowest BCUT2D eigenvalue weighted by Gasteiger charge is -2.36. The van der Waals surface area contributed by atoms with Gasteiger partial charge in [-0.3, -0.25) is 39.4 Å². The van der Waals surface area contributed by atoms with Crippen molar-refractivity contribution in [1.82, 2.24) is 24.9 Å². The number of hydrogen-bond donors (Lipinski definition) is 2. The number of nitrogens with zero attached hydrogens (tertiary/aromatic N) is 4. The summed E-state index contributed by atoms with van der Waals surface area (Å²) in [6.07, 6.45) is 4.10. The smallest absolute Gasteiger partial charge is 0.412 e. The van der Waals surface area contributed by atoms with E-state index in [2.05, 4.69) is 20.6 Å². The van der Waals surface area contributed by atoms with E-state index in [1.807, 2.05) is 0 Å². The summed E-state index contributed by atoms with van der Waals surface area (Å²) in [5, 5.41) is 8.78. The van der Waals surface area contributed by atoms with E-state index >= 15 is 0 Å². The van der Waals surface area contributed by atoms with Crippen molar-refractivity contribution >= 4 is 35.4 Å². The summed E-state index contributed by atoms with van der Waals surface area (Å²) >= 11 is 0. The molecule has 1 saturated carbocycles. The number of likely N-dealkylation sites (tertiary alicyclic amines) is 1. The van der Waals surface area contributed by atoms with Gasteiger partial charge in [-0.2, -0.15) is 5.10 Å². The van der Waals surface area contributed by atoms with Crippen LogP contribution in [0.5, 0.6) is 5.75 Å². The van der Waals surface area contributed by atoms with E-state index in [4.69, 9.17) is 14.2 Å². The SMILES string of the molecule is CC(C)(C)OC(=O)Nc1cn(C2CCC(CN3CCC(OCCCOc4cccc5c4C(=O)N(C4CCC(=O)NC4=O)C5=O)CC3)CC2)nc1C(F)F. The Balaban J connectivity index is 0.888. The zero-order valence-electron chi connectivity index (χ0n) is 30.4. The number of anilines is 1. The third-order valence-corrected chi connectivity index (χ3v) is 10.2. The first-order chi connectivity index (χ1) is 25.3. The van der Waals surface area contributed by atoms with E-state index in [1.165, 1.54) is 12.3 Å². The molecule has 288 valence electrons. The van der Waals surface area contributed by atoms with Gasteiger partial charge in [0.15, 0.2) is 5.69 Å². The van der Waals surface area contributed by atoms with Gasteiger partial charge >= 0.3 is 6.09 Å². The van der Waals surface area contributed by atoms with Gasteiger partial charge in [0.25, 0.3) is 18.2 Å². The van der Waals surface area contributed by atoms with E-state index in [9.17, 15) is 32.8 Å². The maximum absolute atomic E-state index is 13.7. The highest BCUT2D eigenvalue weighted by Gasteiger charge is 2.46. The topological polar surface area (TPSA) is 161 Å². The molecule has 1 unspecified atom stereocenters. The van der Waals surface area contributed by atoms with Crippen LogP contribution in [0.15, 0.2) is 24.4 Å². The second-order valence-corrected chi connectivity index (χ2v) is 15.2. The highest BCUT2D eigenvalue weighted by Crippen LogP contribution is 2.36. The number of amides is 5. The number of hydrogen-bond acceptors (Lipinski definition) is 10. The van der Waals surface area contributed by atoms with Gasteiger partial charge in [-0.25, -0.2) is 13.6 Å². The summed E-state index contributed by atoms with van der Waals surface area (Å²) in [6, 6.07) is 3.75. The summed E-state index contributed by atoms with van der Waals surface area (Å²) in [6.45, 7) is 8.70. The number of ether oxygens (including phenoxy) is 3. The lowest BCUT2D eigenvalue weighted by Crippen LogP contribution is -2.54. The van der Waals surface area contributed by atoms with Crippen LogP contribution in [-0.4, -0.2) is 99.9 Å². The normalized spacial score (nSPS) is 23.0. The van der Waals surface area contributed by atoms with Crippen LogP contribution in [0.2, 0.25) is 0 Å². The fourth-order valence-electron chi connectivity index (χ4n) is 7.57. The van der Waals surface area contributed by atoms with Crippen LogP contribution in [-0.2, 0) is 19.1 Å². The van der Waals surface area contributed by atoms with Gasteiger partial charge in [-0.05, 0) is 83.8 Å². The van der Waals surface area contributed by atoms with E-state index in [1.54, 1.807) is 37.6 Å². The largest absolute Gasteiger partial charge is 0.493 e. The molecule has 2 aromatic rings. The summed E-state index contributed by atoms with van der Waals surface area (Å²) in [7, 11) is 0. The van der Waals surface area contributed by atoms with Gasteiger partial charge in [0.2, 0.25) is 11.8 Å². The minimum atomic E-state index is -2.82. The third-order valence-electron chi connectivity index (χ3n) is 10.2. The predicted octanol–water partition coefficient (Wildman–Crippen LogP) is 5.25. The van der Waals surface area contributed by atoms with Crippen LogP contribution < -0.4 is 15.4 Å². The molecule has 3 fully saturated rings. The van der Waals surface area contributed by atoms with Crippen LogP contribution in [0.25, 0.3) is 0 Å². The van der Waals surface area contributed by atoms with Crippen molar-refractivity contribution in [1.29, 1.82) is 0 Å². The number of fused-ring (bicyclic) bond motifs is 1. The Morgan fingerprint density at radius 1 is 1.00 bits per heavy atom. The minimum absolute atomic E-state index is 0.0145. The number of carbonyl (C=O) groups is 5. The molecule has 0 spiro atoms. The number of alkyl halides is 2. The lowest BCUT2D eigenvalue weighted by molar-refractivity contribution is -0.136. The van der Waals surface area contributed by atoms with E-state index in [-0.39, 0.29) is 54.2 Å². The van der Waals surface area contributed by atoms with Gasteiger partial charge in [-0.1, -0.05) is 6.07 Å². The molecular weight excluding hydrogens is 694 g/mol. The Hall–Kier alpha value is -4.44. The Morgan fingerprint density at radius 3 is 2.42 bits per heavy atom. The number of aromatic nitrogens is 2. The van der Waals surface area contributed by atoms with E-state index in [0.717, 1.165) is 63.1 Å². The molecule has 6 rings (SSSR count). The molecule has 1 aliphatic carbocycles. The maximum atomic E-state index is 13.7. The molecule has 0 radical (unpaired) electrons. The van der Waals surface area contributed by atoms with E-state index in [0.29, 0.717) is 18.9 Å². The first-order valence-corrected chi connectivity index (χ1v) is 18.5. The van der Waals surface area contributed by atoms with Crippen LogP contribution in [0.4, 0.5) is 19.3 Å². The Morgan fingerprint density at radius 2 is 1.74 bits per heavy atom. The molecule has 1 aromatic carbocycles. The summed E-state index contributed by atoms with van der Waals surface area (Å²) in [5.74, 6) is -1.47. The predicted molar refractivity (Wildman–Crippen MR) is 187 cm³/mol. The van der Waals surface area contributed by atoms with Crippen molar-refractivity contribution < 1.29 is 47.0 Å². The van der Waals surface area contributed by atoms with Crippen LogP contribution in [0, 0.1) is 5.92 Å². The Labute approximate surface area is 306 Å². The van der Waals surface area contributed by atoms with Gasteiger partial charge < -0.3 is 19.1 Å². The molecule has 1 atom stereocenters. The number of halogens is 2. The van der Waals surface area contributed by atoms with Gasteiger partial charge in [-0.15, -0.1) is 0 Å². The number of piperidine rings is 2. The van der Waals surface area contributed by atoms with Crippen LogP contribution in [0.3, 0.4) is 0 Å². The molecular formula is C37H48F2N6O8. The van der Waals surface area contributed by atoms with Crippen molar-refractivity contribution in [3.63, 3.8) is 0 Å². The highest BCUT2D eigenvalue weighted by molar-refractivity contribution is 6.24. The van der Waals surface area contributed by atoms with Crippen molar-refractivity contribution in [3.8, 4) is 5.75 Å². The Kier molecular flexibility index (Phi) is 11.8. The zero-order chi connectivity index (χ0) is 37.9. The molecule has 14 nitrogen and oxygen atoms in total. The second kappa shape index (κ2) is 16.3. The first-order valence-electron chi connectivity index (χ1n) is 18.5. The molecule has 1 aromatic heterocycles. The number of benzene rings is 1. The summed E-state index contributed by atoms with van der Waals surface area (Å²) < 4.78 is 46.3. The number of rotatable bonds is 12. The molecule has 2 saturated heterocycles. The number of nitrogens with one attached hydrogen (secondary N) is 2. The molecule has 16 heteroatoms. The average molecular weight is 743 g/mol. The van der Waals surface area contributed by atoms with Gasteiger partial charge in [0.05, 0.1) is 42.2 Å². The van der Waals surface area contributed by atoms with Crippen LogP contribution in [0.1, 0.15) is 117 Å². The highest BCUT2D eigenvalue weighted by atomic mass is 19.3. The van der Waals surface area contributed by atoms with Gasteiger partial charge in [0.1, 0.15) is 17.4 Å². The van der Waals surface area contributed by atoms with Crippen molar-refractivity contribution in [2.75, 3.05) is 38.2 Å². The minimum Gasteiger partial charge on any atom is -0.493 e. The maximum Gasteiger partial charge on any atom is 0.412 e. The van der Waals surface area contributed by atoms with Gasteiger partial charge in [0, 0.05) is 38.7 Å². The van der Waals surface area contributed by atoms with Crippen molar-refractivity contribution in [2.45, 2.75) is 109 Å². The molecule has 4 aliphatic rings. The fraction of sp³-hybridized carbons (Fsp3) is 0.622. The van der Waals surface area contributed by atoms with Crippen molar-refractivity contribution in [2.24, 2.45) is 5.92 Å². The standard InChI is InChI=1S/C37H48F2N6O8/c1-37(2,3)53-36(50)40-26-21-44(42-31(26)32(38)39)23-10-8-22(9-11-23)20-43-16-14-24(15-17-43)51-18-5-19-52-28-7-4-6-25-30(28)35(49)45(34(25)48)27-12-13-29(46)41-33(27)47/h4,6-7,21-24,27,32H,5,8-20H2,1-3H3,(H,40,50)(H,41,46,47). The second-order valence-electron chi connectivity index (χ2n) is 15.2. The fourth-order valence-corrected chi connectivity index (χ4v) is 7.57. The summed E-state index contributed by atoms with van der Waals surface area (Å²) in [5.41, 5.74) is -0.923. The lowest BCUT2D eigenvalue weighted by atomic mass is 9.85. The van der Waals surface area contributed by atoms with E-state index < -0.39 is 53.5 Å². The molecule has 2 N–H and O–H groups in total. The van der Waals surface area contributed by atoms with Crippen LogP contribution >= 0.6 is 0 Å². The molecule has 0 bridgehead atoms. The van der Waals surface area contributed by atoms with Crippen molar-refractivity contribution in [3.05, 3.63) is 41.2 Å². The third kappa shape index (κ3) is 9.21. The zero-order valence-corrected chi connectivity index (χ0v) is 30.4. The Bertz CT molecular complexity index is 1690. The number of carbonyl (C=O) groups excluding carboxylic acids is 5. The molecule has 5 amide bonds. The monoisotopic (exact) mass is 742 g/mol. The molecule has 3 aliphatic heterocycles. The number of imide groups is 2. The summed E-state index contributed by atoms with van der Waals surface area (Å²) in [4.78, 5) is 65.8.